The van der Waals surface area contributed by atoms with Crippen LogP contribution in [0, 0.1) is 11.8 Å². The molecule has 0 amide bonds. The summed E-state index contributed by atoms with van der Waals surface area (Å²) in [6.07, 6.45) is 5.79. The first-order chi connectivity index (χ1) is 5.68. The summed E-state index contributed by atoms with van der Waals surface area (Å²) in [5, 5.41) is 8.69. The molecule has 1 saturated carbocycles. The van der Waals surface area contributed by atoms with E-state index in [0.717, 1.165) is 17.3 Å². The average molecular weight is 229 g/mol. The molecule has 1 N–H and O–H groups in total. The third kappa shape index (κ3) is 1.33. The van der Waals surface area contributed by atoms with Gasteiger partial charge in [-0.15, -0.1) is 0 Å². The normalized spacial score (nSPS) is 32.8. The van der Waals surface area contributed by atoms with E-state index < -0.39 is 5.97 Å². The van der Waals surface area contributed by atoms with Crippen molar-refractivity contribution in [2.45, 2.75) is 12.8 Å². The van der Waals surface area contributed by atoms with Crippen molar-refractivity contribution < 1.29 is 9.90 Å². The minimum atomic E-state index is -0.649. The molecule has 0 aromatic carbocycles. The van der Waals surface area contributed by atoms with Crippen LogP contribution in [0.1, 0.15) is 12.8 Å². The number of carboxylic acid groups (broad SMARTS) is 1. The van der Waals surface area contributed by atoms with Crippen molar-refractivity contribution in [3.05, 3.63) is 22.2 Å². The van der Waals surface area contributed by atoms with Gasteiger partial charge in [0.15, 0.2) is 0 Å². The largest absolute Gasteiger partial charge is 0.481 e. The summed E-state index contributed by atoms with van der Waals surface area (Å²) in [6, 6.07) is 0. The Bertz CT molecular complexity index is 291. The summed E-state index contributed by atoms with van der Waals surface area (Å²) in [6.45, 7) is 0. The van der Waals surface area contributed by atoms with Crippen LogP contribution in [-0.4, -0.2) is 11.1 Å². The molecule has 64 valence electrons. The van der Waals surface area contributed by atoms with E-state index in [0.29, 0.717) is 5.92 Å². The van der Waals surface area contributed by atoms with E-state index in [1.165, 1.54) is 5.57 Å². The summed E-state index contributed by atoms with van der Waals surface area (Å²) in [5.41, 5.74) is 1.27. The number of allylic oxidation sites excluding steroid dienone is 4. The Morgan fingerprint density at radius 2 is 2.33 bits per heavy atom. The van der Waals surface area contributed by atoms with Crippen LogP contribution < -0.4 is 0 Å². The second kappa shape index (κ2) is 2.73. The van der Waals surface area contributed by atoms with Gasteiger partial charge in [0.25, 0.3) is 0 Å². The lowest BCUT2D eigenvalue weighted by molar-refractivity contribution is -0.138. The van der Waals surface area contributed by atoms with Gasteiger partial charge >= 0.3 is 5.97 Å². The summed E-state index contributed by atoms with van der Waals surface area (Å²) in [7, 11) is 0. The van der Waals surface area contributed by atoms with E-state index >= 15 is 0 Å². The first-order valence-corrected chi connectivity index (χ1v) is 4.75. The molecule has 0 heterocycles. The minimum Gasteiger partial charge on any atom is -0.481 e. The smallest absolute Gasteiger partial charge is 0.307 e. The Hall–Kier alpha value is -0.570. The zero-order chi connectivity index (χ0) is 8.72. The Labute approximate surface area is 79.1 Å². The SMILES string of the molecule is O=C(O)[C@H]1C[C@@H]1C1=CC=C(Br)C1. The van der Waals surface area contributed by atoms with Crippen molar-refractivity contribution in [1.29, 1.82) is 0 Å². The van der Waals surface area contributed by atoms with Crippen LogP contribution in [0.5, 0.6) is 0 Å². The van der Waals surface area contributed by atoms with Gasteiger partial charge in [0.05, 0.1) is 5.92 Å². The second-order valence-corrected chi connectivity index (χ2v) is 4.34. The van der Waals surface area contributed by atoms with Gasteiger partial charge in [0, 0.05) is 6.42 Å². The van der Waals surface area contributed by atoms with E-state index in [-0.39, 0.29) is 5.92 Å². The van der Waals surface area contributed by atoms with Crippen molar-refractivity contribution in [2.24, 2.45) is 11.8 Å². The number of carbonyl (C=O) groups is 1. The highest BCUT2D eigenvalue weighted by atomic mass is 79.9. The molecule has 0 saturated heterocycles. The maximum absolute atomic E-state index is 10.6. The maximum Gasteiger partial charge on any atom is 0.307 e. The lowest BCUT2D eigenvalue weighted by Crippen LogP contribution is -2.00. The fraction of sp³-hybridized carbons (Fsp3) is 0.444. The van der Waals surface area contributed by atoms with Crippen LogP contribution in [0.4, 0.5) is 0 Å². The molecule has 0 unspecified atom stereocenters. The van der Waals surface area contributed by atoms with Crippen molar-refractivity contribution in [1.82, 2.24) is 0 Å². The Morgan fingerprint density at radius 1 is 1.58 bits per heavy atom. The van der Waals surface area contributed by atoms with E-state index in [1.54, 1.807) is 0 Å². The zero-order valence-corrected chi connectivity index (χ0v) is 8.04. The zero-order valence-electron chi connectivity index (χ0n) is 6.46. The van der Waals surface area contributed by atoms with E-state index in [1.807, 2.05) is 12.2 Å². The van der Waals surface area contributed by atoms with E-state index in [2.05, 4.69) is 15.9 Å². The Kier molecular flexibility index (Phi) is 1.83. The van der Waals surface area contributed by atoms with Gasteiger partial charge in [0.1, 0.15) is 0 Å². The molecule has 2 aliphatic carbocycles. The van der Waals surface area contributed by atoms with Crippen LogP contribution in [0.25, 0.3) is 0 Å². The quantitative estimate of drug-likeness (QED) is 0.788. The predicted molar refractivity (Wildman–Crippen MR) is 48.9 cm³/mol. The number of carboxylic acids is 1. The molecule has 2 aliphatic rings. The summed E-state index contributed by atoms with van der Waals surface area (Å²) < 4.78 is 1.16. The monoisotopic (exact) mass is 228 g/mol. The standard InChI is InChI=1S/C9H9BrO2/c10-6-2-1-5(3-6)7-4-8(7)9(11)12/h1-2,7-8H,3-4H2,(H,11,12)/t7-,8+/m1/s1. The molecule has 2 rings (SSSR count). The lowest BCUT2D eigenvalue weighted by atomic mass is 10.1. The minimum absolute atomic E-state index is 0.108. The highest BCUT2D eigenvalue weighted by Crippen LogP contribution is 2.48. The van der Waals surface area contributed by atoms with E-state index in [9.17, 15) is 4.79 Å². The second-order valence-electron chi connectivity index (χ2n) is 3.32. The molecule has 3 heteroatoms. The number of hydrogen-bond acceptors (Lipinski definition) is 1. The van der Waals surface area contributed by atoms with Crippen LogP contribution >= 0.6 is 15.9 Å². The summed E-state index contributed by atoms with van der Waals surface area (Å²) >= 11 is 3.39. The first kappa shape index (κ1) is 8.05. The molecule has 0 spiro atoms. The number of hydrogen-bond donors (Lipinski definition) is 1. The van der Waals surface area contributed by atoms with Gasteiger partial charge in [-0.05, 0) is 16.8 Å². The Balaban J connectivity index is 1.96. The fourth-order valence-corrected chi connectivity index (χ4v) is 2.10. The van der Waals surface area contributed by atoms with Gasteiger partial charge in [0.2, 0.25) is 0 Å². The number of halogens is 1. The molecule has 0 aromatic heterocycles. The predicted octanol–water partition coefficient (Wildman–Crippen LogP) is 2.32. The topological polar surface area (TPSA) is 37.3 Å². The third-order valence-corrected chi connectivity index (χ3v) is 2.98. The summed E-state index contributed by atoms with van der Waals surface area (Å²) in [4.78, 5) is 10.6. The van der Waals surface area contributed by atoms with Crippen LogP contribution in [-0.2, 0) is 4.79 Å². The molecule has 0 aliphatic heterocycles. The van der Waals surface area contributed by atoms with Gasteiger partial charge in [-0.3, -0.25) is 4.79 Å². The molecule has 0 radical (unpaired) electrons. The van der Waals surface area contributed by atoms with Gasteiger partial charge in [-0.2, -0.15) is 0 Å². The van der Waals surface area contributed by atoms with Crippen molar-refractivity contribution in [2.75, 3.05) is 0 Å². The van der Waals surface area contributed by atoms with Crippen LogP contribution in [0.15, 0.2) is 22.2 Å². The molecule has 12 heavy (non-hydrogen) atoms. The molecule has 0 bridgehead atoms. The average Bonchev–Trinajstić information content (AvgIpc) is 2.70. The van der Waals surface area contributed by atoms with E-state index in [4.69, 9.17) is 5.11 Å². The highest BCUT2D eigenvalue weighted by Gasteiger charge is 2.45. The molecule has 2 nitrogen and oxygen atoms in total. The van der Waals surface area contributed by atoms with Crippen molar-refractivity contribution in [3.8, 4) is 0 Å². The summed E-state index contributed by atoms with van der Waals surface area (Å²) in [5.74, 6) is -0.444. The fourth-order valence-electron chi connectivity index (χ4n) is 1.64. The molecular weight excluding hydrogens is 220 g/mol. The third-order valence-electron chi connectivity index (χ3n) is 2.44. The van der Waals surface area contributed by atoms with Crippen LogP contribution in [0.2, 0.25) is 0 Å². The van der Waals surface area contributed by atoms with Gasteiger partial charge in [-0.25, -0.2) is 0 Å². The lowest BCUT2D eigenvalue weighted by Gasteiger charge is -1.97. The first-order valence-electron chi connectivity index (χ1n) is 3.96. The van der Waals surface area contributed by atoms with Crippen LogP contribution in [0.3, 0.4) is 0 Å². The number of aliphatic carboxylic acids is 1. The van der Waals surface area contributed by atoms with Crippen molar-refractivity contribution in [3.63, 3.8) is 0 Å². The molecule has 0 aromatic rings. The molecule has 1 fully saturated rings. The maximum atomic E-state index is 10.6. The van der Waals surface area contributed by atoms with Gasteiger partial charge in [-0.1, -0.05) is 33.7 Å². The van der Waals surface area contributed by atoms with Gasteiger partial charge < -0.3 is 5.11 Å². The van der Waals surface area contributed by atoms with Crippen molar-refractivity contribution >= 4 is 21.9 Å². The molecular formula is C9H9BrO2. The number of rotatable bonds is 2. The molecule has 2 atom stereocenters. The highest BCUT2D eigenvalue weighted by molar-refractivity contribution is 9.11. The Morgan fingerprint density at radius 3 is 2.75 bits per heavy atom.